The van der Waals surface area contributed by atoms with Crippen LogP contribution in [0.3, 0.4) is 0 Å². The number of rotatable bonds is 1. The molecule has 1 atom stereocenters. The van der Waals surface area contributed by atoms with Crippen LogP contribution in [0.15, 0.2) is 24.3 Å². The first kappa shape index (κ1) is 11.0. The monoisotopic (exact) mass is 247 g/mol. The number of piperidine rings is 1. The second kappa shape index (κ2) is 4.27. The van der Waals surface area contributed by atoms with Crippen LogP contribution >= 0.6 is 12.2 Å². The molecule has 1 aromatic heterocycles. The number of likely N-dealkylation sites (N-methyl/N-ethyl adjacent to an activating group) is 1. The van der Waals surface area contributed by atoms with E-state index in [1.165, 1.54) is 24.9 Å². The average molecular weight is 247 g/mol. The van der Waals surface area contributed by atoms with Gasteiger partial charge in [0.05, 0.1) is 11.0 Å². The number of nitrogens with one attached hydrogen (secondary N) is 1. The lowest BCUT2D eigenvalue weighted by molar-refractivity contribution is 0.214. The minimum Gasteiger partial charge on any atom is -0.331 e. The van der Waals surface area contributed by atoms with E-state index in [1.54, 1.807) is 0 Å². The summed E-state index contributed by atoms with van der Waals surface area (Å²) in [6.45, 7) is 2.29. The molecule has 1 N–H and O–H groups in total. The molecule has 0 amide bonds. The highest BCUT2D eigenvalue weighted by Crippen LogP contribution is 2.25. The number of para-hydroxylation sites is 2. The van der Waals surface area contributed by atoms with E-state index in [0.717, 1.165) is 16.8 Å². The van der Waals surface area contributed by atoms with Crippen molar-refractivity contribution in [3.8, 4) is 0 Å². The Hall–Kier alpha value is -1.13. The maximum Gasteiger partial charge on any atom is 0.178 e. The van der Waals surface area contributed by atoms with Gasteiger partial charge < -0.3 is 14.5 Å². The lowest BCUT2D eigenvalue weighted by atomic mass is 10.1. The van der Waals surface area contributed by atoms with E-state index in [1.807, 2.05) is 6.07 Å². The number of hydrogen-bond donors (Lipinski definition) is 1. The Morgan fingerprint density at radius 1 is 1.35 bits per heavy atom. The van der Waals surface area contributed by atoms with Gasteiger partial charge in [-0.25, -0.2) is 0 Å². The molecule has 0 spiro atoms. The van der Waals surface area contributed by atoms with Crippen LogP contribution < -0.4 is 0 Å². The van der Waals surface area contributed by atoms with Crippen molar-refractivity contribution in [2.75, 3.05) is 20.1 Å². The molecule has 4 heteroatoms. The maximum absolute atomic E-state index is 5.46. The zero-order valence-electron chi connectivity index (χ0n) is 10.0. The highest BCUT2D eigenvalue weighted by Gasteiger charge is 2.20. The average Bonchev–Trinajstić information content (AvgIpc) is 2.64. The third-order valence-corrected chi connectivity index (χ3v) is 3.89. The molecule has 2 heterocycles. The number of aromatic amines is 1. The fourth-order valence-electron chi connectivity index (χ4n) is 2.79. The minimum atomic E-state index is 0.511. The van der Waals surface area contributed by atoms with Crippen LogP contribution in [0.25, 0.3) is 11.0 Å². The Morgan fingerprint density at radius 2 is 2.18 bits per heavy atom. The summed E-state index contributed by atoms with van der Waals surface area (Å²) in [4.78, 5) is 5.69. The van der Waals surface area contributed by atoms with Gasteiger partial charge in [-0.2, -0.15) is 0 Å². The molecule has 1 aliphatic rings. The van der Waals surface area contributed by atoms with Gasteiger partial charge in [0.2, 0.25) is 0 Å². The quantitative estimate of drug-likeness (QED) is 0.783. The molecule has 0 saturated carbocycles. The van der Waals surface area contributed by atoms with E-state index in [9.17, 15) is 0 Å². The largest absolute Gasteiger partial charge is 0.331 e. The van der Waals surface area contributed by atoms with Crippen LogP contribution in [0.4, 0.5) is 0 Å². The van der Waals surface area contributed by atoms with Gasteiger partial charge in [0.15, 0.2) is 4.77 Å². The van der Waals surface area contributed by atoms with E-state index in [-0.39, 0.29) is 0 Å². The highest BCUT2D eigenvalue weighted by atomic mass is 32.1. The molecule has 1 saturated heterocycles. The van der Waals surface area contributed by atoms with E-state index >= 15 is 0 Å². The van der Waals surface area contributed by atoms with Crippen molar-refractivity contribution in [2.24, 2.45) is 0 Å². The van der Waals surface area contributed by atoms with Gasteiger partial charge in [-0.05, 0) is 50.8 Å². The summed E-state index contributed by atoms with van der Waals surface area (Å²) in [5.41, 5.74) is 2.38. The van der Waals surface area contributed by atoms with Crippen molar-refractivity contribution < 1.29 is 0 Å². The van der Waals surface area contributed by atoms with E-state index in [0.29, 0.717) is 6.04 Å². The summed E-state index contributed by atoms with van der Waals surface area (Å²) in [6, 6.07) is 8.88. The van der Waals surface area contributed by atoms with E-state index in [2.05, 4.69) is 39.7 Å². The van der Waals surface area contributed by atoms with Crippen molar-refractivity contribution in [2.45, 2.75) is 18.9 Å². The van der Waals surface area contributed by atoms with E-state index < -0.39 is 0 Å². The van der Waals surface area contributed by atoms with E-state index in [4.69, 9.17) is 12.2 Å². The van der Waals surface area contributed by atoms with Crippen molar-refractivity contribution in [3.05, 3.63) is 29.0 Å². The predicted molar refractivity (Wildman–Crippen MR) is 72.9 cm³/mol. The zero-order valence-corrected chi connectivity index (χ0v) is 10.8. The highest BCUT2D eigenvalue weighted by molar-refractivity contribution is 7.71. The molecule has 3 rings (SSSR count). The standard InChI is InChI=1S/C13H17N3S/c1-15-8-4-5-10(9-15)16-12-7-3-2-6-11(12)14-13(16)17/h2-3,6-7,10H,4-5,8-9H2,1H3,(H,14,17). The Bertz CT molecular complexity index is 584. The summed E-state index contributed by atoms with van der Waals surface area (Å²) < 4.78 is 3.15. The molecular weight excluding hydrogens is 230 g/mol. The number of H-pyrrole nitrogens is 1. The fourth-order valence-corrected chi connectivity index (χ4v) is 3.14. The number of imidazole rings is 1. The summed E-state index contributed by atoms with van der Waals surface area (Å²) in [5, 5.41) is 0. The Balaban J connectivity index is 2.10. The fraction of sp³-hybridized carbons (Fsp3) is 0.462. The first-order chi connectivity index (χ1) is 8.25. The maximum atomic E-state index is 5.46. The molecular formula is C13H17N3S. The summed E-state index contributed by atoms with van der Waals surface area (Å²) in [5.74, 6) is 0. The van der Waals surface area contributed by atoms with Crippen molar-refractivity contribution in [1.82, 2.24) is 14.5 Å². The van der Waals surface area contributed by atoms with Crippen LogP contribution in [-0.2, 0) is 0 Å². The van der Waals surface area contributed by atoms with Crippen LogP contribution in [0, 0.1) is 4.77 Å². The van der Waals surface area contributed by atoms with Gasteiger partial charge in [-0.1, -0.05) is 12.1 Å². The Labute approximate surface area is 106 Å². The van der Waals surface area contributed by atoms with Gasteiger partial charge in [-0.15, -0.1) is 0 Å². The Morgan fingerprint density at radius 3 is 3.00 bits per heavy atom. The lowest BCUT2D eigenvalue weighted by Crippen LogP contribution is -2.33. The van der Waals surface area contributed by atoms with Crippen LogP contribution in [-0.4, -0.2) is 34.6 Å². The van der Waals surface area contributed by atoms with Gasteiger partial charge in [0.25, 0.3) is 0 Å². The first-order valence-corrected chi connectivity index (χ1v) is 6.54. The second-order valence-corrected chi connectivity index (χ2v) is 5.26. The summed E-state index contributed by atoms with van der Waals surface area (Å²) >= 11 is 5.46. The van der Waals surface area contributed by atoms with Crippen LogP contribution in [0.5, 0.6) is 0 Å². The van der Waals surface area contributed by atoms with Crippen molar-refractivity contribution in [1.29, 1.82) is 0 Å². The van der Waals surface area contributed by atoms with Crippen LogP contribution in [0.2, 0.25) is 0 Å². The predicted octanol–water partition coefficient (Wildman–Crippen LogP) is 2.97. The normalized spacial score (nSPS) is 22.1. The smallest absolute Gasteiger partial charge is 0.178 e. The molecule has 0 bridgehead atoms. The molecule has 0 aliphatic carbocycles. The number of nitrogens with zero attached hydrogens (tertiary/aromatic N) is 2. The molecule has 90 valence electrons. The van der Waals surface area contributed by atoms with Gasteiger partial charge in [0.1, 0.15) is 0 Å². The Kier molecular flexibility index (Phi) is 2.76. The molecule has 1 aromatic carbocycles. The van der Waals surface area contributed by atoms with Crippen molar-refractivity contribution in [3.63, 3.8) is 0 Å². The van der Waals surface area contributed by atoms with Crippen LogP contribution in [0.1, 0.15) is 18.9 Å². The second-order valence-electron chi connectivity index (χ2n) is 4.88. The first-order valence-electron chi connectivity index (χ1n) is 6.13. The molecule has 2 aromatic rings. The minimum absolute atomic E-state index is 0.511. The molecule has 17 heavy (non-hydrogen) atoms. The van der Waals surface area contributed by atoms with Gasteiger partial charge >= 0.3 is 0 Å². The molecule has 1 aliphatic heterocycles. The number of likely N-dealkylation sites (tertiary alicyclic amines) is 1. The molecule has 1 unspecified atom stereocenters. The third kappa shape index (κ3) is 1.91. The SMILES string of the molecule is CN1CCCC(n2c(=S)[nH]c3ccccc32)C1. The molecule has 0 radical (unpaired) electrons. The van der Waals surface area contributed by atoms with Gasteiger partial charge in [-0.3, -0.25) is 0 Å². The zero-order chi connectivity index (χ0) is 11.8. The number of hydrogen-bond acceptors (Lipinski definition) is 2. The third-order valence-electron chi connectivity index (χ3n) is 3.59. The van der Waals surface area contributed by atoms with Gasteiger partial charge in [0, 0.05) is 12.6 Å². The topological polar surface area (TPSA) is 24.0 Å². The van der Waals surface area contributed by atoms with Crippen molar-refractivity contribution >= 4 is 23.3 Å². The number of fused-ring (bicyclic) bond motifs is 1. The number of benzene rings is 1. The molecule has 1 fully saturated rings. The summed E-state index contributed by atoms with van der Waals surface area (Å²) in [6.07, 6.45) is 2.48. The lowest BCUT2D eigenvalue weighted by Gasteiger charge is -2.30. The number of aromatic nitrogens is 2. The summed E-state index contributed by atoms with van der Waals surface area (Å²) in [7, 11) is 2.19. The molecule has 3 nitrogen and oxygen atoms in total.